The highest BCUT2D eigenvalue weighted by Crippen LogP contribution is 2.41. The predicted octanol–water partition coefficient (Wildman–Crippen LogP) is 4.36. The third kappa shape index (κ3) is 3.31. The molecule has 0 aliphatic rings. The Morgan fingerprint density at radius 3 is 1.89 bits per heavy atom. The molecule has 27 heavy (non-hydrogen) atoms. The van der Waals surface area contributed by atoms with Crippen molar-refractivity contribution in [2.75, 3.05) is 0 Å². The summed E-state index contributed by atoms with van der Waals surface area (Å²) in [5.74, 6) is -8.71. The standard InChI is InChI=1S/C18H10F5NO2S/c19-10-5-3-4-9(8-10)13-14(16(21)18(23)17(22)15(13)20)11-6-1-2-7-12(11)27(24,25)26/h1-8H,(H2,24,25,26). The first-order valence-electron chi connectivity index (χ1n) is 7.37. The lowest BCUT2D eigenvalue weighted by Crippen LogP contribution is -2.14. The molecule has 0 aliphatic heterocycles. The molecule has 0 radical (unpaired) electrons. The summed E-state index contributed by atoms with van der Waals surface area (Å²) in [6.45, 7) is 0. The van der Waals surface area contributed by atoms with Gasteiger partial charge in [-0.1, -0.05) is 30.3 Å². The molecule has 0 heterocycles. The van der Waals surface area contributed by atoms with E-state index in [1.54, 1.807) is 0 Å². The number of sulfonamides is 1. The maximum absolute atomic E-state index is 14.6. The maximum Gasteiger partial charge on any atom is 0.238 e. The number of benzene rings is 3. The Morgan fingerprint density at radius 2 is 1.30 bits per heavy atom. The number of hydrogen-bond acceptors (Lipinski definition) is 2. The highest BCUT2D eigenvalue weighted by molar-refractivity contribution is 7.89. The van der Waals surface area contributed by atoms with Crippen LogP contribution in [0.1, 0.15) is 0 Å². The summed E-state index contributed by atoms with van der Waals surface area (Å²) < 4.78 is 94.1. The highest BCUT2D eigenvalue weighted by Gasteiger charge is 2.29. The first-order valence-corrected chi connectivity index (χ1v) is 8.91. The van der Waals surface area contributed by atoms with E-state index in [1.807, 2.05) is 0 Å². The van der Waals surface area contributed by atoms with Gasteiger partial charge in [-0.25, -0.2) is 35.5 Å². The van der Waals surface area contributed by atoms with E-state index in [0.29, 0.717) is 0 Å². The van der Waals surface area contributed by atoms with Gasteiger partial charge in [0.05, 0.1) is 4.90 Å². The predicted molar refractivity (Wildman–Crippen MR) is 88.5 cm³/mol. The molecule has 0 amide bonds. The largest absolute Gasteiger partial charge is 0.238 e. The van der Waals surface area contributed by atoms with E-state index in [1.165, 1.54) is 12.1 Å². The van der Waals surface area contributed by atoms with Crippen LogP contribution >= 0.6 is 0 Å². The Labute approximate surface area is 150 Å². The molecule has 3 nitrogen and oxygen atoms in total. The molecule has 0 fully saturated rings. The Bertz CT molecular complexity index is 1160. The van der Waals surface area contributed by atoms with E-state index < -0.39 is 60.7 Å². The van der Waals surface area contributed by atoms with Gasteiger partial charge in [-0.15, -0.1) is 0 Å². The molecule has 3 aromatic rings. The lowest BCUT2D eigenvalue weighted by atomic mass is 9.93. The van der Waals surface area contributed by atoms with Gasteiger partial charge in [-0.2, -0.15) is 0 Å². The summed E-state index contributed by atoms with van der Waals surface area (Å²) in [5.41, 5.74) is -2.53. The second-order valence-corrected chi connectivity index (χ2v) is 7.09. The van der Waals surface area contributed by atoms with Crippen LogP contribution in [0.5, 0.6) is 0 Å². The molecule has 3 aromatic carbocycles. The van der Waals surface area contributed by atoms with E-state index in [4.69, 9.17) is 5.14 Å². The lowest BCUT2D eigenvalue weighted by molar-refractivity contribution is 0.412. The van der Waals surface area contributed by atoms with Gasteiger partial charge in [0.2, 0.25) is 10.0 Å². The van der Waals surface area contributed by atoms with Crippen molar-refractivity contribution < 1.29 is 30.4 Å². The number of primary sulfonamides is 1. The van der Waals surface area contributed by atoms with Crippen LogP contribution in [0.4, 0.5) is 22.0 Å². The third-order valence-corrected chi connectivity index (χ3v) is 4.81. The maximum atomic E-state index is 14.6. The lowest BCUT2D eigenvalue weighted by Gasteiger charge is -2.16. The van der Waals surface area contributed by atoms with Gasteiger partial charge in [0.1, 0.15) is 5.82 Å². The van der Waals surface area contributed by atoms with E-state index >= 15 is 0 Å². The van der Waals surface area contributed by atoms with Crippen molar-refractivity contribution >= 4 is 10.0 Å². The van der Waals surface area contributed by atoms with Crippen molar-refractivity contribution in [3.63, 3.8) is 0 Å². The fourth-order valence-corrected chi connectivity index (χ4v) is 3.47. The normalized spacial score (nSPS) is 11.6. The fourth-order valence-electron chi connectivity index (χ4n) is 2.72. The van der Waals surface area contributed by atoms with Crippen LogP contribution in [0.25, 0.3) is 22.3 Å². The first kappa shape index (κ1) is 19.0. The van der Waals surface area contributed by atoms with Crippen LogP contribution in [-0.4, -0.2) is 8.42 Å². The zero-order valence-electron chi connectivity index (χ0n) is 13.3. The zero-order valence-corrected chi connectivity index (χ0v) is 14.1. The van der Waals surface area contributed by atoms with Crippen molar-refractivity contribution in [1.82, 2.24) is 0 Å². The van der Waals surface area contributed by atoms with Crippen molar-refractivity contribution in [2.45, 2.75) is 4.90 Å². The van der Waals surface area contributed by atoms with E-state index in [-0.39, 0.29) is 5.56 Å². The van der Waals surface area contributed by atoms with Crippen LogP contribution in [0.3, 0.4) is 0 Å². The van der Waals surface area contributed by atoms with Crippen LogP contribution in [0.15, 0.2) is 53.4 Å². The molecule has 9 heteroatoms. The summed E-state index contributed by atoms with van der Waals surface area (Å²) in [6, 6.07) is 8.67. The second-order valence-electron chi connectivity index (χ2n) is 5.56. The molecule has 0 bridgehead atoms. The minimum absolute atomic E-state index is 0.315. The summed E-state index contributed by atoms with van der Waals surface area (Å²) in [4.78, 5) is -0.632. The van der Waals surface area contributed by atoms with Gasteiger partial charge in [-0.05, 0) is 23.8 Å². The highest BCUT2D eigenvalue weighted by atomic mass is 32.2. The molecular weight excluding hydrogens is 389 g/mol. The molecule has 140 valence electrons. The van der Waals surface area contributed by atoms with E-state index in [2.05, 4.69) is 0 Å². The fraction of sp³-hybridized carbons (Fsp3) is 0. The van der Waals surface area contributed by atoms with Gasteiger partial charge in [0.25, 0.3) is 0 Å². The van der Waals surface area contributed by atoms with Crippen LogP contribution in [0, 0.1) is 29.1 Å². The van der Waals surface area contributed by atoms with Crippen molar-refractivity contribution in [2.24, 2.45) is 5.14 Å². The average Bonchev–Trinajstić information content (AvgIpc) is 2.62. The van der Waals surface area contributed by atoms with Gasteiger partial charge in [-0.3, -0.25) is 0 Å². The van der Waals surface area contributed by atoms with Crippen molar-refractivity contribution in [1.29, 1.82) is 0 Å². The average molecular weight is 399 g/mol. The van der Waals surface area contributed by atoms with E-state index in [0.717, 1.165) is 36.4 Å². The minimum atomic E-state index is -4.42. The van der Waals surface area contributed by atoms with Gasteiger partial charge in [0, 0.05) is 16.7 Å². The van der Waals surface area contributed by atoms with Gasteiger partial charge < -0.3 is 0 Å². The molecule has 0 aromatic heterocycles. The Balaban J connectivity index is 2.52. The van der Waals surface area contributed by atoms with Gasteiger partial charge >= 0.3 is 0 Å². The third-order valence-electron chi connectivity index (χ3n) is 3.84. The summed E-state index contributed by atoms with van der Waals surface area (Å²) in [7, 11) is -4.42. The molecule has 3 rings (SSSR count). The molecule has 0 aliphatic carbocycles. The smallest absolute Gasteiger partial charge is 0.225 e. The molecular formula is C18H10F5NO2S. The topological polar surface area (TPSA) is 60.2 Å². The van der Waals surface area contributed by atoms with E-state index in [9.17, 15) is 30.4 Å². The number of rotatable bonds is 3. The Kier molecular flexibility index (Phi) is 4.75. The first-order chi connectivity index (χ1) is 12.6. The zero-order chi connectivity index (χ0) is 19.9. The SMILES string of the molecule is NS(=O)(=O)c1ccccc1-c1c(F)c(F)c(F)c(F)c1-c1cccc(F)c1. The number of nitrogens with two attached hydrogens (primary N) is 1. The molecule has 0 saturated heterocycles. The number of hydrogen-bond donors (Lipinski definition) is 1. The quantitative estimate of drug-likeness (QED) is 0.404. The minimum Gasteiger partial charge on any atom is -0.225 e. The summed E-state index contributed by atoms with van der Waals surface area (Å²) in [6.07, 6.45) is 0. The van der Waals surface area contributed by atoms with Crippen LogP contribution in [-0.2, 0) is 10.0 Å². The molecule has 0 atom stereocenters. The van der Waals surface area contributed by atoms with Crippen molar-refractivity contribution in [3.05, 3.63) is 77.6 Å². The Hall–Kier alpha value is -2.78. The summed E-state index contributed by atoms with van der Waals surface area (Å²) in [5, 5.41) is 5.09. The van der Waals surface area contributed by atoms with Crippen molar-refractivity contribution in [3.8, 4) is 22.3 Å². The molecule has 2 N–H and O–H groups in total. The Morgan fingerprint density at radius 1 is 0.704 bits per heavy atom. The second kappa shape index (κ2) is 6.75. The molecule has 0 spiro atoms. The molecule has 0 unspecified atom stereocenters. The monoisotopic (exact) mass is 399 g/mol. The number of halogens is 5. The summed E-state index contributed by atoms with van der Waals surface area (Å²) >= 11 is 0. The van der Waals surface area contributed by atoms with Crippen LogP contribution < -0.4 is 5.14 Å². The van der Waals surface area contributed by atoms with Gasteiger partial charge in [0.15, 0.2) is 23.3 Å². The van der Waals surface area contributed by atoms with Crippen LogP contribution in [0.2, 0.25) is 0 Å². The molecule has 0 saturated carbocycles.